The second-order valence-electron chi connectivity index (χ2n) is 14.9. The summed E-state index contributed by atoms with van der Waals surface area (Å²) in [6.07, 6.45) is 9.63. The maximum absolute atomic E-state index is 13.6. The molecule has 2 heterocycles. The second kappa shape index (κ2) is 13.2. The molecule has 0 radical (unpaired) electrons. The standard InChI is InChI=1S/C35H51N5O6S/c1-6-25-23-35(25,37-29(41)28-17-14-22-39(28)30(42)24(2)33(3,4)5)31(43)38-47(45,46)34(19-20-34)18-12-8-7-9-13-21-40-27-16-11-10-15-26(27)36-32(40)44/h7-8,10-11,15-16,24-25,28H,6,9,12-14,17-23H2,1-5H3,(H,36,44)(H,37,41)(H,38,43). The second-order valence-corrected chi connectivity index (χ2v) is 17.0. The fraction of sp³-hybridized carbons (Fsp3) is 0.657. The molecule has 2 aromatic rings. The minimum Gasteiger partial charge on any atom is -0.340 e. The van der Waals surface area contributed by atoms with Crippen LogP contribution >= 0.6 is 0 Å². The first-order valence-electron chi connectivity index (χ1n) is 17.2. The molecule has 1 aliphatic heterocycles. The summed E-state index contributed by atoms with van der Waals surface area (Å²) in [5.41, 5.74) is 0.0269. The van der Waals surface area contributed by atoms with E-state index in [2.05, 4.69) is 15.0 Å². The Bertz CT molecular complexity index is 1700. The smallest absolute Gasteiger partial charge is 0.326 e. The van der Waals surface area contributed by atoms with Gasteiger partial charge in [0.1, 0.15) is 11.6 Å². The Hall–Kier alpha value is -3.41. The van der Waals surface area contributed by atoms with Gasteiger partial charge in [0.25, 0.3) is 5.91 Å². The van der Waals surface area contributed by atoms with Gasteiger partial charge in [-0.25, -0.2) is 13.2 Å². The number of aryl methyl sites for hydroxylation is 1. The minimum absolute atomic E-state index is 0.0754. The molecule has 4 atom stereocenters. The lowest BCUT2D eigenvalue weighted by Gasteiger charge is -2.33. The van der Waals surface area contributed by atoms with Crippen LogP contribution in [0.1, 0.15) is 98.8 Å². The number of carbonyl (C=O) groups is 3. The summed E-state index contributed by atoms with van der Waals surface area (Å²) in [5, 5.41) is 2.92. The molecule has 3 N–H and O–H groups in total. The summed E-state index contributed by atoms with van der Waals surface area (Å²) in [6.45, 7) is 10.9. The molecule has 3 amide bonds. The largest absolute Gasteiger partial charge is 0.340 e. The molecule has 258 valence electrons. The number of nitrogens with one attached hydrogen (secondary N) is 3. The van der Waals surface area contributed by atoms with Gasteiger partial charge in [-0.2, -0.15) is 0 Å². The number of carbonyl (C=O) groups excluding carboxylic acids is 3. The molecule has 0 bridgehead atoms. The van der Waals surface area contributed by atoms with Crippen LogP contribution in [0.25, 0.3) is 11.0 Å². The van der Waals surface area contributed by atoms with E-state index in [1.165, 1.54) is 0 Å². The van der Waals surface area contributed by atoms with Crippen molar-refractivity contribution in [3.63, 3.8) is 0 Å². The Morgan fingerprint density at radius 1 is 1.13 bits per heavy atom. The molecule has 3 fully saturated rings. The Kier molecular flexibility index (Phi) is 9.84. The predicted molar refractivity (Wildman–Crippen MR) is 182 cm³/mol. The first-order chi connectivity index (χ1) is 22.2. The maximum Gasteiger partial charge on any atom is 0.326 e. The average Bonchev–Trinajstić information content (AvgIpc) is 3.87. The number of rotatable bonds is 14. The van der Waals surface area contributed by atoms with E-state index in [0.29, 0.717) is 64.5 Å². The number of imidazole rings is 1. The van der Waals surface area contributed by atoms with Crippen molar-refractivity contribution in [2.24, 2.45) is 17.3 Å². The third-order valence-corrected chi connectivity index (χ3v) is 13.0. The van der Waals surface area contributed by atoms with Gasteiger partial charge in [-0.1, -0.05) is 65.3 Å². The van der Waals surface area contributed by atoms with Gasteiger partial charge in [-0.05, 0) is 81.3 Å². The third kappa shape index (κ3) is 7.07. The molecule has 12 heteroatoms. The van der Waals surface area contributed by atoms with E-state index >= 15 is 0 Å². The molecule has 0 spiro atoms. The number of aromatic amines is 1. The quantitative estimate of drug-likeness (QED) is 0.201. The molecule has 11 nitrogen and oxygen atoms in total. The number of hydrogen-bond donors (Lipinski definition) is 3. The van der Waals surface area contributed by atoms with Crippen LogP contribution in [0.4, 0.5) is 0 Å². The van der Waals surface area contributed by atoms with Gasteiger partial charge in [0, 0.05) is 19.0 Å². The van der Waals surface area contributed by atoms with Crippen molar-refractivity contribution in [2.45, 2.75) is 122 Å². The van der Waals surface area contributed by atoms with Crippen LogP contribution in [-0.4, -0.2) is 63.5 Å². The number of benzene rings is 1. The minimum atomic E-state index is -3.97. The Morgan fingerprint density at radius 2 is 1.83 bits per heavy atom. The molecular weight excluding hydrogens is 618 g/mol. The number of fused-ring (bicyclic) bond motifs is 1. The van der Waals surface area contributed by atoms with Crippen LogP contribution in [0.5, 0.6) is 0 Å². The van der Waals surface area contributed by atoms with Gasteiger partial charge in [0.15, 0.2) is 0 Å². The molecule has 2 saturated carbocycles. The zero-order chi connectivity index (χ0) is 34.2. The number of nitrogens with zero attached hydrogens (tertiary/aromatic N) is 2. The lowest BCUT2D eigenvalue weighted by atomic mass is 9.81. The molecule has 2 aliphatic carbocycles. The third-order valence-electron chi connectivity index (χ3n) is 10.8. The number of H-pyrrole nitrogens is 1. The van der Waals surface area contributed by atoms with Crippen LogP contribution in [0, 0.1) is 17.3 Å². The highest BCUT2D eigenvalue weighted by Gasteiger charge is 2.63. The number of unbranched alkanes of at least 4 members (excludes halogenated alkanes) is 1. The van der Waals surface area contributed by atoms with Crippen molar-refractivity contribution in [1.29, 1.82) is 0 Å². The molecular formula is C35H51N5O6S. The number of para-hydroxylation sites is 2. The van der Waals surface area contributed by atoms with E-state index in [4.69, 9.17) is 0 Å². The maximum atomic E-state index is 13.6. The lowest BCUT2D eigenvalue weighted by molar-refractivity contribution is -0.144. The van der Waals surface area contributed by atoms with Gasteiger partial charge >= 0.3 is 5.69 Å². The average molecular weight is 670 g/mol. The normalized spacial score (nSPS) is 24.4. The number of sulfonamides is 1. The molecule has 1 saturated heterocycles. The number of likely N-dealkylation sites (tertiary alicyclic amines) is 1. The highest BCUT2D eigenvalue weighted by molar-refractivity contribution is 7.91. The van der Waals surface area contributed by atoms with Crippen molar-refractivity contribution < 1.29 is 22.8 Å². The van der Waals surface area contributed by atoms with Crippen molar-refractivity contribution in [1.82, 2.24) is 24.5 Å². The lowest BCUT2D eigenvalue weighted by Crippen LogP contribution is -2.57. The van der Waals surface area contributed by atoms with Crippen molar-refractivity contribution >= 4 is 38.8 Å². The first kappa shape index (κ1) is 34.9. The van der Waals surface area contributed by atoms with E-state index in [0.717, 1.165) is 23.9 Å². The van der Waals surface area contributed by atoms with Gasteiger partial charge in [0.05, 0.1) is 15.8 Å². The summed E-state index contributed by atoms with van der Waals surface area (Å²) in [7, 11) is -3.97. The SMILES string of the molecule is CCC1CC1(NC(=O)C1CCCN1C(=O)C(C)C(C)(C)C)C(=O)NS(=O)(=O)C1(CCC=CCCCn2c(=O)[nH]c3ccccc32)CC1. The van der Waals surface area contributed by atoms with Crippen molar-refractivity contribution in [3.8, 4) is 0 Å². The molecule has 47 heavy (non-hydrogen) atoms. The van der Waals surface area contributed by atoms with Crippen molar-refractivity contribution in [2.75, 3.05) is 6.54 Å². The first-order valence-corrected chi connectivity index (χ1v) is 18.7. The topological polar surface area (TPSA) is 150 Å². The van der Waals surface area contributed by atoms with E-state index in [1.807, 2.05) is 71.0 Å². The molecule has 4 unspecified atom stereocenters. The van der Waals surface area contributed by atoms with E-state index in [1.54, 1.807) is 9.47 Å². The number of hydrogen-bond acceptors (Lipinski definition) is 6. The summed E-state index contributed by atoms with van der Waals surface area (Å²) in [6, 6.07) is 6.91. The molecule has 1 aromatic heterocycles. The van der Waals surface area contributed by atoms with E-state index < -0.39 is 32.3 Å². The van der Waals surface area contributed by atoms with Gasteiger partial charge in [-0.3, -0.25) is 23.7 Å². The van der Waals surface area contributed by atoms with Crippen LogP contribution in [0.3, 0.4) is 0 Å². The Labute approximate surface area is 278 Å². The predicted octanol–water partition coefficient (Wildman–Crippen LogP) is 4.38. The van der Waals surface area contributed by atoms with Crippen LogP contribution < -0.4 is 15.7 Å². The highest BCUT2D eigenvalue weighted by atomic mass is 32.2. The molecule has 3 aliphatic rings. The zero-order valence-electron chi connectivity index (χ0n) is 28.4. The summed E-state index contributed by atoms with van der Waals surface area (Å²) in [5.74, 6) is -1.58. The monoisotopic (exact) mass is 669 g/mol. The summed E-state index contributed by atoms with van der Waals surface area (Å²) in [4.78, 5) is 57.2. The highest BCUT2D eigenvalue weighted by Crippen LogP contribution is 2.49. The van der Waals surface area contributed by atoms with E-state index in [-0.39, 0.29) is 34.8 Å². The van der Waals surface area contributed by atoms with Gasteiger partial charge < -0.3 is 15.2 Å². The number of amides is 3. The fourth-order valence-corrected chi connectivity index (χ4v) is 8.60. The number of allylic oxidation sites excluding steroid dienone is 2. The van der Waals surface area contributed by atoms with Crippen molar-refractivity contribution in [3.05, 3.63) is 46.9 Å². The summed E-state index contributed by atoms with van der Waals surface area (Å²) >= 11 is 0. The van der Waals surface area contributed by atoms with Crippen LogP contribution in [0.15, 0.2) is 41.2 Å². The molecule has 5 rings (SSSR count). The van der Waals surface area contributed by atoms with Crippen LogP contribution in [-0.2, 0) is 31.0 Å². The summed E-state index contributed by atoms with van der Waals surface area (Å²) < 4.78 is 30.2. The number of aromatic nitrogens is 2. The Balaban J connectivity index is 1.14. The van der Waals surface area contributed by atoms with Crippen LogP contribution in [0.2, 0.25) is 0 Å². The van der Waals surface area contributed by atoms with E-state index in [9.17, 15) is 27.6 Å². The molecule has 1 aromatic carbocycles. The Morgan fingerprint density at radius 3 is 2.49 bits per heavy atom. The van der Waals surface area contributed by atoms with Gasteiger partial charge in [-0.15, -0.1) is 0 Å². The fourth-order valence-electron chi connectivity index (χ4n) is 6.93. The zero-order valence-corrected chi connectivity index (χ0v) is 29.3. The van der Waals surface area contributed by atoms with Gasteiger partial charge in [0.2, 0.25) is 21.8 Å².